The standard InChI is InChI=1S/C31H63NO/c1-3-5-7-9-11-13-15-17-19-21-23-25-27-29-31(32-33)30-28-26-24-22-20-18-16-14-12-10-8-6-4-2/h33H,3-30H2,1-2H3. The third-order valence-corrected chi connectivity index (χ3v) is 7.28. The molecule has 0 aromatic carbocycles. The van der Waals surface area contributed by atoms with Gasteiger partial charge in [-0.15, -0.1) is 0 Å². The maximum Gasteiger partial charge on any atom is 0.0570 e. The molecule has 198 valence electrons. The molecule has 0 aromatic rings. The summed E-state index contributed by atoms with van der Waals surface area (Å²) in [6, 6.07) is 0. The van der Waals surface area contributed by atoms with Crippen molar-refractivity contribution in [2.45, 2.75) is 194 Å². The van der Waals surface area contributed by atoms with Crippen LogP contribution in [0.3, 0.4) is 0 Å². The van der Waals surface area contributed by atoms with E-state index in [9.17, 15) is 5.21 Å². The largest absolute Gasteiger partial charge is 0.411 e. The lowest BCUT2D eigenvalue weighted by atomic mass is 10.0. The monoisotopic (exact) mass is 465 g/mol. The van der Waals surface area contributed by atoms with Crippen molar-refractivity contribution in [3.63, 3.8) is 0 Å². The topological polar surface area (TPSA) is 32.6 Å². The van der Waals surface area contributed by atoms with Gasteiger partial charge in [-0.1, -0.05) is 173 Å². The van der Waals surface area contributed by atoms with Crippen molar-refractivity contribution in [3.8, 4) is 0 Å². The molecule has 0 unspecified atom stereocenters. The van der Waals surface area contributed by atoms with E-state index in [-0.39, 0.29) is 0 Å². The first-order valence-electron chi connectivity index (χ1n) is 15.5. The lowest BCUT2D eigenvalue weighted by molar-refractivity contribution is 0.315. The van der Waals surface area contributed by atoms with E-state index in [2.05, 4.69) is 19.0 Å². The molecule has 1 N–H and O–H groups in total. The summed E-state index contributed by atoms with van der Waals surface area (Å²) in [6.45, 7) is 4.58. The molecule has 0 aliphatic rings. The molecule has 0 spiro atoms. The first kappa shape index (κ1) is 32.5. The molecular formula is C31H63NO. The van der Waals surface area contributed by atoms with E-state index < -0.39 is 0 Å². The van der Waals surface area contributed by atoms with E-state index in [4.69, 9.17) is 0 Å². The summed E-state index contributed by atoms with van der Waals surface area (Å²) in [5.74, 6) is 0. The predicted molar refractivity (Wildman–Crippen MR) is 150 cm³/mol. The molecule has 0 fully saturated rings. The quantitative estimate of drug-likeness (QED) is 0.0529. The fraction of sp³-hybridized carbons (Fsp3) is 0.968. The first-order chi connectivity index (χ1) is 16.3. The van der Waals surface area contributed by atoms with E-state index in [1.807, 2.05) is 0 Å². The van der Waals surface area contributed by atoms with Crippen molar-refractivity contribution in [1.82, 2.24) is 0 Å². The first-order valence-corrected chi connectivity index (χ1v) is 15.5. The second-order valence-electron chi connectivity index (χ2n) is 10.7. The number of unbranched alkanes of at least 4 members (excludes halogenated alkanes) is 24. The normalized spacial score (nSPS) is 11.2. The molecule has 2 nitrogen and oxygen atoms in total. The van der Waals surface area contributed by atoms with Crippen molar-refractivity contribution in [1.29, 1.82) is 0 Å². The summed E-state index contributed by atoms with van der Waals surface area (Å²) in [6.07, 6.45) is 38.2. The second-order valence-corrected chi connectivity index (χ2v) is 10.7. The molecule has 0 atom stereocenters. The van der Waals surface area contributed by atoms with Crippen LogP contribution in [0.1, 0.15) is 194 Å². The number of hydrogen-bond acceptors (Lipinski definition) is 2. The minimum absolute atomic E-state index is 1.01. The molecule has 33 heavy (non-hydrogen) atoms. The van der Waals surface area contributed by atoms with Gasteiger partial charge in [0.15, 0.2) is 0 Å². The molecule has 0 aliphatic carbocycles. The van der Waals surface area contributed by atoms with Crippen LogP contribution in [0.5, 0.6) is 0 Å². The number of oxime groups is 1. The number of nitrogens with zero attached hydrogens (tertiary/aromatic N) is 1. The zero-order valence-corrected chi connectivity index (χ0v) is 23.2. The Morgan fingerprint density at radius 3 is 0.788 bits per heavy atom. The van der Waals surface area contributed by atoms with Crippen LogP contribution in [0.4, 0.5) is 0 Å². The molecule has 0 bridgehead atoms. The van der Waals surface area contributed by atoms with E-state index in [1.165, 1.54) is 167 Å². The third kappa shape index (κ3) is 27.6. The fourth-order valence-electron chi connectivity index (χ4n) is 4.92. The zero-order chi connectivity index (χ0) is 24.1. The summed E-state index contributed by atoms with van der Waals surface area (Å²) < 4.78 is 0. The summed E-state index contributed by atoms with van der Waals surface area (Å²) in [5, 5.41) is 12.9. The highest BCUT2D eigenvalue weighted by atomic mass is 16.4. The van der Waals surface area contributed by atoms with Gasteiger partial charge >= 0.3 is 0 Å². The molecule has 0 heterocycles. The highest BCUT2D eigenvalue weighted by molar-refractivity contribution is 5.83. The van der Waals surface area contributed by atoms with Crippen LogP contribution in [-0.4, -0.2) is 10.9 Å². The maximum absolute atomic E-state index is 9.30. The molecule has 0 aliphatic heterocycles. The van der Waals surface area contributed by atoms with Crippen LogP contribution in [0.25, 0.3) is 0 Å². The van der Waals surface area contributed by atoms with Gasteiger partial charge in [0.05, 0.1) is 5.71 Å². The van der Waals surface area contributed by atoms with Gasteiger partial charge in [0.25, 0.3) is 0 Å². The van der Waals surface area contributed by atoms with Gasteiger partial charge in [0.2, 0.25) is 0 Å². The van der Waals surface area contributed by atoms with Gasteiger partial charge in [-0.3, -0.25) is 0 Å². The van der Waals surface area contributed by atoms with Gasteiger partial charge in [-0.2, -0.15) is 0 Å². The minimum atomic E-state index is 1.01. The Labute approximate surface area is 209 Å². The Bertz CT molecular complexity index is 347. The van der Waals surface area contributed by atoms with Crippen molar-refractivity contribution >= 4 is 5.71 Å². The smallest absolute Gasteiger partial charge is 0.0570 e. The van der Waals surface area contributed by atoms with Crippen molar-refractivity contribution in [3.05, 3.63) is 0 Å². The van der Waals surface area contributed by atoms with E-state index in [0.717, 1.165) is 18.6 Å². The van der Waals surface area contributed by atoms with Crippen molar-refractivity contribution in [2.24, 2.45) is 5.16 Å². The van der Waals surface area contributed by atoms with E-state index >= 15 is 0 Å². The average molecular weight is 466 g/mol. The number of hydrogen-bond donors (Lipinski definition) is 1. The van der Waals surface area contributed by atoms with Gasteiger partial charge < -0.3 is 5.21 Å². The van der Waals surface area contributed by atoms with Gasteiger partial charge in [-0.25, -0.2) is 0 Å². The Morgan fingerprint density at radius 2 is 0.576 bits per heavy atom. The number of rotatable bonds is 28. The van der Waals surface area contributed by atoms with E-state index in [0.29, 0.717) is 0 Å². The van der Waals surface area contributed by atoms with Crippen LogP contribution in [0, 0.1) is 0 Å². The lowest BCUT2D eigenvalue weighted by Crippen LogP contribution is -1.99. The highest BCUT2D eigenvalue weighted by Crippen LogP contribution is 2.15. The fourth-order valence-corrected chi connectivity index (χ4v) is 4.92. The van der Waals surface area contributed by atoms with E-state index in [1.54, 1.807) is 0 Å². The second kappa shape index (κ2) is 29.5. The predicted octanol–water partition coefficient (Wildman–Crippen LogP) is 11.8. The molecule has 2 heteroatoms. The summed E-state index contributed by atoms with van der Waals surface area (Å²) >= 11 is 0. The zero-order valence-electron chi connectivity index (χ0n) is 23.2. The summed E-state index contributed by atoms with van der Waals surface area (Å²) in [7, 11) is 0. The van der Waals surface area contributed by atoms with Crippen LogP contribution in [0.2, 0.25) is 0 Å². The van der Waals surface area contributed by atoms with Crippen LogP contribution in [-0.2, 0) is 0 Å². The van der Waals surface area contributed by atoms with Crippen LogP contribution < -0.4 is 0 Å². The molecular weight excluding hydrogens is 402 g/mol. The molecule has 0 radical (unpaired) electrons. The Kier molecular flexibility index (Phi) is 29.0. The van der Waals surface area contributed by atoms with Crippen LogP contribution in [0.15, 0.2) is 5.16 Å². The minimum Gasteiger partial charge on any atom is -0.411 e. The maximum atomic E-state index is 9.30. The van der Waals surface area contributed by atoms with Gasteiger partial charge in [0, 0.05) is 0 Å². The molecule has 0 amide bonds. The summed E-state index contributed by atoms with van der Waals surface area (Å²) in [5.41, 5.74) is 1.04. The molecule has 0 saturated heterocycles. The highest BCUT2D eigenvalue weighted by Gasteiger charge is 2.02. The van der Waals surface area contributed by atoms with Crippen LogP contribution >= 0.6 is 0 Å². The average Bonchev–Trinajstić information content (AvgIpc) is 2.83. The van der Waals surface area contributed by atoms with Crippen molar-refractivity contribution < 1.29 is 5.21 Å². The Morgan fingerprint density at radius 1 is 0.364 bits per heavy atom. The summed E-state index contributed by atoms with van der Waals surface area (Å²) in [4.78, 5) is 0. The van der Waals surface area contributed by atoms with Gasteiger partial charge in [0.1, 0.15) is 0 Å². The Balaban J connectivity index is 3.28. The third-order valence-electron chi connectivity index (χ3n) is 7.28. The molecule has 0 saturated carbocycles. The Hall–Kier alpha value is -0.530. The van der Waals surface area contributed by atoms with Gasteiger partial charge in [-0.05, 0) is 25.7 Å². The molecule has 0 rings (SSSR count). The van der Waals surface area contributed by atoms with Crippen molar-refractivity contribution in [2.75, 3.05) is 0 Å². The lowest BCUT2D eigenvalue weighted by Gasteiger charge is -2.06. The SMILES string of the molecule is CCCCCCCCCCCCCCCC(CCCCCCCCCCCCCCC)=NO. The molecule has 0 aromatic heterocycles.